The summed E-state index contributed by atoms with van der Waals surface area (Å²) < 4.78 is 89.4. The molecule has 0 aliphatic rings. The van der Waals surface area contributed by atoms with Crippen LogP contribution in [-0.2, 0) is 26.2 Å². The van der Waals surface area contributed by atoms with Crippen LogP contribution in [0.3, 0.4) is 0 Å². The number of sulfonamides is 1. The Morgan fingerprint density at radius 3 is 2.09 bits per heavy atom. The van der Waals surface area contributed by atoms with Crippen molar-refractivity contribution in [3.63, 3.8) is 0 Å². The average Bonchev–Trinajstić information content (AvgIpc) is 3.25. The van der Waals surface area contributed by atoms with Gasteiger partial charge in [0.15, 0.2) is 0 Å². The number of aromatic nitrogens is 1. The van der Waals surface area contributed by atoms with E-state index < -0.39 is 39.1 Å². The van der Waals surface area contributed by atoms with Gasteiger partial charge in [-0.05, 0) is 75.6 Å². The fraction of sp³-hybridized carbons (Fsp3) is 0.364. The van der Waals surface area contributed by atoms with Gasteiger partial charge in [-0.15, -0.1) is 0 Å². The zero-order chi connectivity index (χ0) is 33.3. The maximum absolute atomic E-state index is 14.6. The number of carbonyl (C=O) groups excluding carboxylic acids is 1. The molecule has 242 valence electrons. The molecule has 0 spiro atoms. The lowest BCUT2D eigenvalue weighted by Crippen LogP contribution is -2.54. The van der Waals surface area contributed by atoms with E-state index in [0.29, 0.717) is 28.1 Å². The Morgan fingerprint density at radius 2 is 1.56 bits per heavy atom. The van der Waals surface area contributed by atoms with Crippen LogP contribution in [0.5, 0.6) is 11.5 Å². The quantitative estimate of drug-likeness (QED) is 0.166. The van der Waals surface area contributed by atoms with Gasteiger partial charge in [-0.1, -0.05) is 50.2 Å². The van der Waals surface area contributed by atoms with Crippen LogP contribution in [0.1, 0.15) is 45.7 Å². The first-order valence-electron chi connectivity index (χ1n) is 14.3. The van der Waals surface area contributed by atoms with Gasteiger partial charge in [-0.3, -0.25) is 4.57 Å². The highest BCUT2D eigenvalue weighted by molar-refractivity contribution is 7.93. The summed E-state index contributed by atoms with van der Waals surface area (Å²) in [6.07, 6.45) is 0. The van der Waals surface area contributed by atoms with Crippen molar-refractivity contribution in [2.45, 2.75) is 65.3 Å². The second-order valence-electron chi connectivity index (χ2n) is 11.9. The van der Waals surface area contributed by atoms with Crippen molar-refractivity contribution in [2.24, 2.45) is 5.92 Å². The van der Waals surface area contributed by atoms with Gasteiger partial charge >= 0.3 is 21.5 Å². The van der Waals surface area contributed by atoms with Crippen molar-refractivity contribution in [3.05, 3.63) is 83.9 Å². The zero-order valence-corrected chi connectivity index (χ0v) is 27.0. The normalized spacial score (nSPS) is 13.1. The highest BCUT2D eigenvalue weighted by Gasteiger charge is 2.56. The van der Waals surface area contributed by atoms with Crippen LogP contribution < -0.4 is 13.8 Å². The number of benzene rings is 3. The van der Waals surface area contributed by atoms with Crippen molar-refractivity contribution in [3.8, 4) is 17.2 Å². The van der Waals surface area contributed by atoms with Gasteiger partial charge < -0.3 is 14.2 Å². The highest BCUT2D eigenvalue weighted by Crippen LogP contribution is 2.45. The predicted molar refractivity (Wildman–Crippen MR) is 167 cm³/mol. The van der Waals surface area contributed by atoms with Crippen molar-refractivity contribution in [2.75, 3.05) is 11.4 Å². The third-order valence-corrected chi connectivity index (χ3v) is 8.53. The van der Waals surface area contributed by atoms with Crippen LogP contribution in [0.25, 0.3) is 16.6 Å². The summed E-state index contributed by atoms with van der Waals surface area (Å²) in [6, 6.07) is 18.8. The molecular formula is C33H37F3N2O6S. The van der Waals surface area contributed by atoms with E-state index in [1.54, 1.807) is 63.2 Å². The summed E-state index contributed by atoms with van der Waals surface area (Å²) in [4.78, 5) is 13.6. The minimum atomic E-state index is -6.17. The van der Waals surface area contributed by atoms with Gasteiger partial charge in [-0.25, -0.2) is 9.10 Å². The molecule has 45 heavy (non-hydrogen) atoms. The summed E-state index contributed by atoms with van der Waals surface area (Å²) >= 11 is 0. The summed E-state index contributed by atoms with van der Waals surface area (Å²) in [5.74, 6) is -1.60. The molecule has 0 fully saturated rings. The van der Waals surface area contributed by atoms with Crippen molar-refractivity contribution < 1.29 is 40.6 Å². The van der Waals surface area contributed by atoms with Crippen LogP contribution in [0.15, 0.2) is 72.8 Å². The number of anilines is 1. The van der Waals surface area contributed by atoms with E-state index >= 15 is 0 Å². The molecule has 1 atom stereocenters. The third-order valence-electron chi connectivity index (χ3n) is 7.03. The van der Waals surface area contributed by atoms with E-state index in [2.05, 4.69) is 0 Å². The Labute approximate surface area is 261 Å². The molecule has 3 aromatic carbocycles. The molecule has 1 aromatic heterocycles. The van der Waals surface area contributed by atoms with Gasteiger partial charge in [0.1, 0.15) is 35.6 Å². The Hall–Kier alpha value is -4.19. The lowest BCUT2D eigenvalue weighted by Gasteiger charge is -2.36. The van der Waals surface area contributed by atoms with E-state index in [-0.39, 0.29) is 22.3 Å². The van der Waals surface area contributed by atoms with Crippen LogP contribution >= 0.6 is 0 Å². The average molecular weight is 647 g/mol. The Kier molecular flexibility index (Phi) is 9.48. The van der Waals surface area contributed by atoms with E-state index in [1.165, 1.54) is 32.4 Å². The number of hydrogen-bond donors (Lipinski definition) is 0. The van der Waals surface area contributed by atoms with E-state index in [0.717, 1.165) is 5.56 Å². The number of rotatable bonds is 10. The summed E-state index contributed by atoms with van der Waals surface area (Å²) in [5.41, 5.74) is -5.14. The molecule has 0 saturated carbocycles. The summed E-state index contributed by atoms with van der Waals surface area (Å²) in [7, 11) is -4.70. The first kappa shape index (κ1) is 33.7. The fourth-order valence-corrected chi connectivity index (χ4v) is 6.39. The number of esters is 1. The van der Waals surface area contributed by atoms with Gasteiger partial charge in [-0.2, -0.15) is 21.6 Å². The number of nitrogens with zero attached hydrogens (tertiary/aromatic N) is 2. The largest absolute Gasteiger partial charge is 0.516 e. The number of halogens is 3. The molecule has 0 N–H and O–H groups in total. The monoisotopic (exact) mass is 646 g/mol. The van der Waals surface area contributed by atoms with Gasteiger partial charge in [0, 0.05) is 16.6 Å². The number of ether oxygens (including phenoxy) is 3. The maximum Gasteiger partial charge on any atom is 0.516 e. The highest BCUT2D eigenvalue weighted by atomic mass is 32.2. The summed E-state index contributed by atoms with van der Waals surface area (Å²) in [5, 5.41) is 0.383. The van der Waals surface area contributed by atoms with Crippen LogP contribution in [0.4, 0.5) is 19.0 Å². The lowest BCUT2D eigenvalue weighted by molar-refractivity contribution is -0.157. The van der Waals surface area contributed by atoms with E-state index in [1.807, 2.05) is 30.3 Å². The van der Waals surface area contributed by atoms with Gasteiger partial charge in [0.2, 0.25) is 0 Å². The number of aryl methyl sites for hydroxylation is 1. The third kappa shape index (κ3) is 6.90. The molecule has 8 nitrogen and oxygen atoms in total. The molecule has 0 bridgehead atoms. The molecule has 1 heterocycles. The van der Waals surface area contributed by atoms with Crippen molar-refractivity contribution >= 4 is 32.7 Å². The van der Waals surface area contributed by atoms with Gasteiger partial charge in [0.05, 0.1) is 12.6 Å². The molecule has 0 amide bonds. The number of hydrogen-bond acceptors (Lipinski definition) is 6. The molecule has 0 aliphatic heterocycles. The Morgan fingerprint density at radius 1 is 0.933 bits per heavy atom. The van der Waals surface area contributed by atoms with Crippen molar-refractivity contribution in [1.82, 2.24) is 4.57 Å². The molecule has 0 unspecified atom stereocenters. The minimum absolute atomic E-state index is 0.152. The zero-order valence-electron chi connectivity index (χ0n) is 26.2. The Bertz CT molecular complexity index is 1760. The molecule has 12 heteroatoms. The summed E-state index contributed by atoms with van der Waals surface area (Å²) in [6.45, 7) is 9.27. The molecular weight excluding hydrogens is 609 g/mol. The first-order chi connectivity index (χ1) is 21.0. The van der Waals surface area contributed by atoms with Crippen LogP contribution in [-0.4, -0.2) is 43.2 Å². The first-order valence-corrected chi connectivity index (χ1v) is 15.7. The molecule has 0 aliphatic carbocycles. The topological polar surface area (TPSA) is 87.1 Å². The standard InChI is InChI=1S/C33H37F3N2O6S/c1-21(2)29(31(39)44-32(4,5)6)38(45(40,41)33(34,35)36)30-22(3)28-26(37(30)24-16-18-25(42-7)19-17-24)14-11-15-27(28)43-20-23-12-9-8-10-13-23/h8-19,21,29H,20H2,1-7H3/t29-/m0/s1. The predicted octanol–water partition coefficient (Wildman–Crippen LogP) is 7.55. The number of carbonyl (C=O) groups is 1. The molecule has 4 rings (SSSR count). The van der Waals surface area contributed by atoms with Crippen LogP contribution in [0.2, 0.25) is 0 Å². The minimum Gasteiger partial charge on any atom is -0.497 e. The lowest BCUT2D eigenvalue weighted by atomic mass is 10.0. The molecule has 4 aromatic rings. The van der Waals surface area contributed by atoms with Crippen molar-refractivity contribution in [1.29, 1.82) is 0 Å². The van der Waals surface area contributed by atoms with Crippen LogP contribution in [0, 0.1) is 12.8 Å². The SMILES string of the molecule is COc1ccc(-n2c(N([C@H](C(=O)OC(C)(C)C)C(C)C)S(=O)(=O)C(F)(F)F)c(C)c3c(OCc4ccccc4)cccc32)cc1. The van der Waals surface area contributed by atoms with E-state index in [4.69, 9.17) is 14.2 Å². The second-order valence-corrected chi connectivity index (χ2v) is 13.7. The van der Waals surface area contributed by atoms with Gasteiger partial charge in [0.25, 0.3) is 0 Å². The molecule has 0 radical (unpaired) electrons. The number of alkyl halides is 3. The number of fused-ring (bicyclic) bond motifs is 1. The maximum atomic E-state index is 14.6. The number of methoxy groups -OCH3 is 1. The molecule has 0 saturated heterocycles. The Balaban J connectivity index is 2.10. The van der Waals surface area contributed by atoms with E-state index in [9.17, 15) is 26.4 Å². The smallest absolute Gasteiger partial charge is 0.497 e. The fourth-order valence-electron chi connectivity index (χ4n) is 5.10. The second kappa shape index (κ2) is 12.7.